The molecule has 0 amide bonds. The van der Waals surface area contributed by atoms with Crippen LogP contribution in [0.5, 0.6) is 5.75 Å². The zero-order valence-corrected chi connectivity index (χ0v) is 13.5. The monoisotopic (exact) mass is 359 g/mol. The van der Waals surface area contributed by atoms with E-state index in [-0.39, 0.29) is 0 Å². The van der Waals surface area contributed by atoms with E-state index in [9.17, 15) is 0 Å². The highest BCUT2D eigenvalue weighted by molar-refractivity contribution is 9.10. The van der Waals surface area contributed by atoms with E-state index in [0.717, 1.165) is 29.7 Å². The number of rotatable bonds is 7. The Bertz CT molecular complexity index is 504. The van der Waals surface area contributed by atoms with Gasteiger partial charge in [-0.15, -0.1) is 0 Å². The Morgan fingerprint density at radius 1 is 1.26 bits per heavy atom. The number of halogens is 2. The number of thiophene rings is 1. The third kappa shape index (κ3) is 5.15. The van der Waals surface area contributed by atoms with Crippen molar-refractivity contribution in [2.45, 2.75) is 6.42 Å². The highest BCUT2D eigenvalue weighted by atomic mass is 79.9. The van der Waals surface area contributed by atoms with Crippen LogP contribution in [0.3, 0.4) is 0 Å². The first-order chi connectivity index (χ1) is 9.25. The number of ether oxygens (including phenoxy) is 1. The second-order valence-corrected chi connectivity index (χ2v) is 6.13. The van der Waals surface area contributed by atoms with E-state index in [0.29, 0.717) is 11.6 Å². The van der Waals surface area contributed by atoms with Crippen LogP contribution in [0.25, 0.3) is 0 Å². The van der Waals surface area contributed by atoms with Crippen LogP contribution in [-0.4, -0.2) is 19.7 Å². The summed E-state index contributed by atoms with van der Waals surface area (Å²) in [6.07, 6.45) is 1.06. The van der Waals surface area contributed by atoms with Crippen molar-refractivity contribution in [3.63, 3.8) is 0 Å². The van der Waals surface area contributed by atoms with Gasteiger partial charge in [0.05, 0.1) is 4.47 Å². The van der Waals surface area contributed by atoms with Gasteiger partial charge in [-0.2, -0.15) is 11.3 Å². The van der Waals surface area contributed by atoms with Crippen LogP contribution >= 0.6 is 38.9 Å². The molecule has 1 N–H and O–H groups in total. The maximum atomic E-state index is 5.87. The fourth-order valence-corrected chi connectivity index (χ4v) is 3.12. The third-order valence-electron chi connectivity index (χ3n) is 2.60. The first-order valence-corrected chi connectivity index (χ1v) is 8.17. The Hall–Kier alpha value is -0.550. The minimum atomic E-state index is 0.643. The van der Waals surface area contributed by atoms with E-state index in [1.54, 1.807) is 11.3 Å². The smallest absolute Gasteiger partial charge is 0.133 e. The molecule has 19 heavy (non-hydrogen) atoms. The quantitative estimate of drug-likeness (QED) is 0.740. The van der Waals surface area contributed by atoms with Gasteiger partial charge in [-0.25, -0.2) is 0 Å². The Morgan fingerprint density at radius 3 is 2.89 bits per heavy atom. The average Bonchev–Trinajstić information content (AvgIpc) is 2.89. The largest absolute Gasteiger partial charge is 0.491 e. The van der Waals surface area contributed by atoms with Gasteiger partial charge in [-0.05, 0) is 69.5 Å². The average molecular weight is 361 g/mol. The van der Waals surface area contributed by atoms with E-state index >= 15 is 0 Å². The lowest BCUT2D eigenvalue weighted by molar-refractivity contribution is 0.312. The lowest BCUT2D eigenvalue weighted by Crippen LogP contribution is -2.23. The zero-order chi connectivity index (χ0) is 13.5. The van der Waals surface area contributed by atoms with Crippen molar-refractivity contribution < 1.29 is 4.74 Å². The van der Waals surface area contributed by atoms with Crippen molar-refractivity contribution in [2.24, 2.45) is 0 Å². The molecule has 0 unspecified atom stereocenters. The summed E-state index contributed by atoms with van der Waals surface area (Å²) < 4.78 is 6.55. The van der Waals surface area contributed by atoms with Crippen molar-refractivity contribution in [3.05, 3.63) is 50.1 Å². The summed E-state index contributed by atoms with van der Waals surface area (Å²) in [5, 5.41) is 8.36. The molecule has 0 aliphatic carbocycles. The molecule has 5 heteroatoms. The van der Waals surface area contributed by atoms with Gasteiger partial charge in [0.2, 0.25) is 0 Å². The molecule has 0 atom stereocenters. The zero-order valence-electron chi connectivity index (χ0n) is 10.4. The molecule has 0 aliphatic heterocycles. The Balaban J connectivity index is 1.61. The summed E-state index contributed by atoms with van der Waals surface area (Å²) in [7, 11) is 0. The summed E-state index contributed by atoms with van der Waals surface area (Å²) >= 11 is 11.0. The SMILES string of the molecule is Clc1ccc(OCCNCCc2ccsc2)c(Br)c1. The minimum Gasteiger partial charge on any atom is -0.491 e. The van der Waals surface area contributed by atoms with Crippen molar-refractivity contribution in [2.75, 3.05) is 19.7 Å². The lowest BCUT2D eigenvalue weighted by Gasteiger charge is -2.09. The third-order valence-corrected chi connectivity index (χ3v) is 4.19. The first-order valence-electron chi connectivity index (χ1n) is 6.05. The lowest BCUT2D eigenvalue weighted by atomic mass is 10.2. The van der Waals surface area contributed by atoms with Crippen molar-refractivity contribution in [3.8, 4) is 5.75 Å². The van der Waals surface area contributed by atoms with Gasteiger partial charge in [0.1, 0.15) is 12.4 Å². The van der Waals surface area contributed by atoms with Crippen LogP contribution in [0.15, 0.2) is 39.5 Å². The number of benzene rings is 1. The van der Waals surface area contributed by atoms with Crippen LogP contribution in [0.2, 0.25) is 5.02 Å². The molecular formula is C14H15BrClNOS. The Labute approximate surface area is 130 Å². The van der Waals surface area contributed by atoms with Crippen LogP contribution in [0.4, 0.5) is 0 Å². The number of hydrogen-bond donors (Lipinski definition) is 1. The summed E-state index contributed by atoms with van der Waals surface area (Å²) in [5.41, 5.74) is 1.39. The molecule has 2 aromatic rings. The van der Waals surface area contributed by atoms with Crippen LogP contribution < -0.4 is 10.1 Å². The normalized spacial score (nSPS) is 10.6. The standard InChI is InChI=1S/C14H15BrClNOS/c15-13-9-12(16)1-2-14(13)18-7-6-17-5-3-11-4-8-19-10-11/h1-2,4,8-10,17H,3,5-7H2. The summed E-state index contributed by atoms with van der Waals surface area (Å²) in [6.45, 7) is 2.45. The second kappa shape index (κ2) is 7.90. The van der Waals surface area contributed by atoms with Gasteiger partial charge >= 0.3 is 0 Å². The predicted molar refractivity (Wildman–Crippen MR) is 85.5 cm³/mol. The van der Waals surface area contributed by atoms with Gasteiger partial charge < -0.3 is 10.1 Å². The van der Waals surface area contributed by atoms with E-state index < -0.39 is 0 Å². The van der Waals surface area contributed by atoms with E-state index in [2.05, 4.69) is 38.1 Å². The van der Waals surface area contributed by atoms with Crippen molar-refractivity contribution in [1.82, 2.24) is 5.32 Å². The minimum absolute atomic E-state index is 0.643. The predicted octanol–water partition coefficient (Wildman–Crippen LogP) is 4.38. The number of nitrogens with one attached hydrogen (secondary N) is 1. The highest BCUT2D eigenvalue weighted by Gasteiger charge is 2.01. The van der Waals surface area contributed by atoms with Gasteiger partial charge in [0.25, 0.3) is 0 Å². The maximum absolute atomic E-state index is 5.87. The molecule has 0 saturated heterocycles. The molecule has 0 saturated carbocycles. The van der Waals surface area contributed by atoms with Gasteiger partial charge in [0, 0.05) is 11.6 Å². The molecule has 102 valence electrons. The molecular weight excluding hydrogens is 346 g/mol. The molecule has 1 aromatic carbocycles. The fourth-order valence-electron chi connectivity index (χ4n) is 1.62. The van der Waals surface area contributed by atoms with Crippen molar-refractivity contribution >= 4 is 38.9 Å². The molecule has 0 bridgehead atoms. The van der Waals surface area contributed by atoms with Crippen LogP contribution in [-0.2, 0) is 6.42 Å². The molecule has 2 rings (SSSR count). The summed E-state index contributed by atoms with van der Waals surface area (Å²) in [5.74, 6) is 0.823. The number of hydrogen-bond acceptors (Lipinski definition) is 3. The van der Waals surface area contributed by atoms with E-state index in [1.807, 2.05) is 18.2 Å². The van der Waals surface area contributed by atoms with E-state index in [4.69, 9.17) is 16.3 Å². The molecule has 2 nitrogen and oxygen atoms in total. The molecule has 0 radical (unpaired) electrons. The van der Waals surface area contributed by atoms with Crippen LogP contribution in [0, 0.1) is 0 Å². The Morgan fingerprint density at radius 2 is 2.16 bits per heavy atom. The maximum Gasteiger partial charge on any atom is 0.133 e. The molecule has 1 heterocycles. The molecule has 0 aliphatic rings. The van der Waals surface area contributed by atoms with Gasteiger partial charge in [-0.1, -0.05) is 11.6 Å². The first kappa shape index (κ1) is 14.9. The van der Waals surface area contributed by atoms with Gasteiger partial charge in [-0.3, -0.25) is 0 Å². The Kier molecular flexibility index (Phi) is 6.17. The summed E-state index contributed by atoms with van der Waals surface area (Å²) in [6, 6.07) is 7.69. The topological polar surface area (TPSA) is 21.3 Å². The van der Waals surface area contributed by atoms with Crippen molar-refractivity contribution in [1.29, 1.82) is 0 Å². The molecule has 0 fully saturated rings. The van der Waals surface area contributed by atoms with Crippen LogP contribution in [0.1, 0.15) is 5.56 Å². The fraction of sp³-hybridized carbons (Fsp3) is 0.286. The summed E-state index contributed by atoms with van der Waals surface area (Å²) in [4.78, 5) is 0. The molecule has 0 spiro atoms. The second-order valence-electron chi connectivity index (χ2n) is 4.05. The van der Waals surface area contributed by atoms with E-state index in [1.165, 1.54) is 5.56 Å². The molecule has 1 aromatic heterocycles. The highest BCUT2D eigenvalue weighted by Crippen LogP contribution is 2.27. The van der Waals surface area contributed by atoms with Gasteiger partial charge in [0.15, 0.2) is 0 Å².